The van der Waals surface area contributed by atoms with Gasteiger partial charge in [-0.15, -0.1) is 0 Å². The first-order chi connectivity index (χ1) is 15.1. The number of allylic oxidation sites excluding steroid dienone is 1. The summed E-state index contributed by atoms with van der Waals surface area (Å²) >= 11 is 0. The smallest absolute Gasteiger partial charge is 0.347 e. The van der Waals surface area contributed by atoms with Gasteiger partial charge in [-0.2, -0.15) is 0 Å². The number of hydrogen-bond donors (Lipinski definition) is 0. The molecule has 0 N–H and O–H groups in total. The van der Waals surface area contributed by atoms with Crippen molar-refractivity contribution in [3.05, 3.63) is 118 Å². The van der Waals surface area contributed by atoms with Gasteiger partial charge < -0.3 is 9.15 Å². The number of Topliss-reactive ketones (excluding diaryl/α,β-unsaturated/α-hetero) is 1. The summed E-state index contributed by atoms with van der Waals surface area (Å²) in [7, 11) is 0. The number of hydrogen-bond acceptors (Lipinski definition) is 5. The summed E-state index contributed by atoms with van der Waals surface area (Å²) in [6.45, 7) is -0.287. The van der Waals surface area contributed by atoms with Gasteiger partial charge in [-0.05, 0) is 35.9 Å². The van der Waals surface area contributed by atoms with E-state index >= 15 is 0 Å². The predicted molar refractivity (Wildman–Crippen MR) is 119 cm³/mol. The van der Waals surface area contributed by atoms with E-state index in [1.54, 1.807) is 66.7 Å². The largest absolute Gasteiger partial charge is 0.485 e. The number of benzene rings is 3. The number of ether oxygens (including phenoxy) is 1. The molecule has 4 aromatic rings. The van der Waals surface area contributed by atoms with Crippen molar-refractivity contribution < 1.29 is 18.7 Å². The average Bonchev–Trinajstić information content (AvgIpc) is 2.81. The second-order valence-electron chi connectivity index (χ2n) is 6.83. The molecule has 0 radical (unpaired) electrons. The van der Waals surface area contributed by atoms with Gasteiger partial charge in [-0.3, -0.25) is 9.59 Å². The lowest BCUT2D eigenvalue weighted by Crippen LogP contribution is -2.19. The maximum absolute atomic E-state index is 12.4. The minimum atomic E-state index is -0.684. The third-order valence-electron chi connectivity index (χ3n) is 4.68. The van der Waals surface area contributed by atoms with Gasteiger partial charge in [0.2, 0.25) is 5.78 Å². The van der Waals surface area contributed by atoms with Crippen LogP contribution in [-0.2, 0) is 0 Å². The molecule has 0 fully saturated rings. The Morgan fingerprint density at radius 1 is 0.871 bits per heavy atom. The van der Waals surface area contributed by atoms with Crippen molar-refractivity contribution in [2.45, 2.75) is 0 Å². The molecule has 31 heavy (non-hydrogen) atoms. The Bertz CT molecular complexity index is 1320. The zero-order valence-corrected chi connectivity index (χ0v) is 16.5. The van der Waals surface area contributed by atoms with E-state index in [-0.39, 0.29) is 18.0 Å². The summed E-state index contributed by atoms with van der Waals surface area (Å²) in [6.07, 6.45) is 3.22. The van der Waals surface area contributed by atoms with Crippen LogP contribution in [0.2, 0.25) is 0 Å². The molecule has 1 aromatic heterocycles. The lowest BCUT2D eigenvalue weighted by atomic mass is 10.1. The van der Waals surface area contributed by atoms with E-state index in [9.17, 15) is 14.4 Å². The van der Waals surface area contributed by atoms with Crippen LogP contribution in [0.4, 0.5) is 0 Å². The summed E-state index contributed by atoms with van der Waals surface area (Å²) in [5.74, 6) is -0.0669. The van der Waals surface area contributed by atoms with E-state index in [0.717, 1.165) is 5.56 Å². The fourth-order valence-electron chi connectivity index (χ4n) is 3.03. The lowest BCUT2D eigenvalue weighted by molar-refractivity contribution is 0.0917. The molecule has 0 bridgehead atoms. The monoisotopic (exact) mass is 410 g/mol. The van der Waals surface area contributed by atoms with Gasteiger partial charge in [0.25, 0.3) is 0 Å². The minimum Gasteiger partial charge on any atom is -0.485 e. The van der Waals surface area contributed by atoms with E-state index in [2.05, 4.69) is 0 Å². The Kier molecular flexibility index (Phi) is 5.85. The minimum absolute atomic E-state index is 0.0438. The highest BCUT2D eigenvalue weighted by atomic mass is 16.5. The second kappa shape index (κ2) is 9.05. The molecule has 3 aromatic carbocycles. The molecular weight excluding hydrogens is 392 g/mol. The van der Waals surface area contributed by atoms with Crippen molar-refractivity contribution in [1.82, 2.24) is 0 Å². The normalized spacial score (nSPS) is 11.0. The van der Waals surface area contributed by atoms with Crippen LogP contribution in [0, 0.1) is 0 Å². The predicted octanol–water partition coefficient (Wildman–Crippen LogP) is 4.95. The zero-order chi connectivity index (χ0) is 21.6. The summed E-state index contributed by atoms with van der Waals surface area (Å²) in [6, 6.07) is 24.5. The molecule has 0 amide bonds. The van der Waals surface area contributed by atoms with Gasteiger partial charge in [-0.25, -0.2) is 4.79 Å². The van der Waals surface area contributed by atoms with Crippen LogP contribution < -0.4 is 10.4 Å². The topological polar surface area (TPSA) is 73.6 Å². The zero-order valence-electron chi connectivity index (χ0n) is 16.5. The highest BCUT2D eigenvalue weighted by molar-refractivity contribution is 6.06. The van der Waals surface area contributed by atoms with Gasteiger partial charge in [0.15, 0.2) is 12.4 Å². The molecule has 0 aliphatic heterocycles. The maximum atomic E-state index is 12.4. The van der Waals surface area contributed by atoms with Gasteiger partial charge >= 0.3 is 5.63 Å². The molecule has 152 valence electrons. The van der Waals surface area contributed by atoms with Gasteiger partial charge in [-0.1, -0.05) is 66.7 Å². The van der Waals surface area contributed by atoms with Crippen molar-refractivity contribution in [3.63, 3.8) is 0 Å². The highest BCUT2D eigenvalue weighted by Crippen LogP contribution is 2.16. The highest BCUT2D eigenvalue weighted by Gasteiger charge is 2.14. The van der Waals surface area contributed by atoms with Crippen LogP contribution in [0.3, 0.4) is 0 Å². The molecule has 0 saturated carbocycles. The Hall–Kier alpha value is -4.25. The van der Waals surface area contributed by atoms with Crippen molar-refractivity contribution in [3.8, 4) is 5.75 Å². The van der Waals surface area contributed by atoms with Gasteiger partial charge in [0.1, 0.15) is 16.9 Å². The van der Waals surface area contributed by atoms with E-state index in [1.807, 2.05) is 18.2 Å². The molecule has 4 rings (SSSR count). The Morgan fingerprint density at radius 3 is 2.35 bits per heavy atom. The van der Waals surface area contributed by atoms with E-state index in [4.69, 9.17) is 9.15 Å². The van der Waals surface area contributed by atoms with Crippen LogP contribution >= 0.6 is 0 Å². The SMILES string of the molecule is O=C(/C=C/c1ccc(OCC(=O)c2cc3ccccc3oc2=O)cc1)c1ccccc1. The van der Waals surface area contributed by atoms with Crippen LogP contribution in [0.5, 0.6) is 5.75 Å². The number of fused-ring (bicyclic) bond motifs is 1. The van der Waals surface area contributed by atoms with E-state index < -0.39 is 11.4 Å². The molecule has 0 aliphatic carbocycles. The first-order valence-electron chi connectivity index (χ1n) is 9.66. The quantitative estimate of drug-likeness (QED) is 0.245. The van der Waals surface area contributed by atoms with Crippen molar-refractivity contribution in [2.75, 3.05) is 6.61 Å². The standard InChI is InChI=1S/C26H18O5/c27-23(19-6-2-1-3-7-19)15-12-18-10-13-21(14-11-18)30-17-24(28)22-16-20-8-4-5-9-25(20)31-26(22)29/h1-16H,17H2/b15-12+. The second-order valence-corrected chi connectivity index (χ2v) is 6.83. The molecule has 0 saturated heterocycles. The van der Waals surface area contributed by atoms with Crippen LogP contribution in [0.25, 0.3) is 17.0 Å². The Labute approximate surface area is 178 Å². The number of carbonyl (C=O) groups is 2. The van der Waals surface area contributed by atoms with Gasteiger partial charge in [0, 0.05) is 10.9 Å². The Morgan fingerprint density at radius 2 is 1.58 bits per heavy atom. The number of carbonyl (C=O) groups excluding carboxylic acids is 2. The molecule has 1 heterocycles. The third-order valence-corrected chi connectivity index (χ3v) is 4.68. The third kappa shape index (κ3) is 4.85. The number of para-hydroxylation sites is 1. The first kappa shape index (κ1) is 20.0. The Balaban J connectivity index is 1.39. The van der Waals surface area contributed by atoms with E-state index in [0.29, 0.717) is 22.3 Å². The van der Waals surface area contributed by atoms with Crippen LogP contribution in [0.15, 0.2) is 100 Å². The van der Waals surface area contributed by atoms with E-state index in [1.165, 1.54) is 12.1 Å². The summed E-state index contributed by atoms with van der Waals surface area (Å²) in [4.78, 5) is 36.6. The molecule has 0 atom stereocenters. The summed E-state index contributed by atoms with van der Waals surface area (Å²) < 4.78 is 10.7. The maximum Gasteiger partial charge on any atom is 0.347 e. The van der Waals surface area contributed by atoms with Crippen molar-refractivity contribution in [2.24, 2.45) is 0 Å². The summed E-state index contributed by atoms with van der Waals surface area (Å²) in [5, 5.41) is 0.673. The number of rotatable bonds is 7. The molecule has 0 spiro atoms. The average molecular weight is 410 g/mol. The molecular formula is C26H18O5. The summed E-state index contributed by atoms with van der Waals surface area (Å²) in [5.41, 5.74) is 1.14. The molecule has 5 heteroatoms. The first-order valence-corrected chi connectivity index (χ1v) is 9.66. The number of ketones is 2. The van der Waals surface area contributed by atoms with Crippen LogP contribution in [-0.4, -0.2) is 18.2 Å². The van der Waals surface area contributed by atoms with Crippen LogP contribution in [0.1, 0.15) is 26.3 Å². The van der Waals surface area contributed by atoms with Crippen molar-refractivity contribution in [1.29, 1.82) is 0 Å². The lowest BCUT2D eigenvalue weighted by Gasteiger charge is -2.06. The molecule has 5 nitrogen and oxygen atoms in total. The molecule has 0 unspecified atom stereocenters. The van der Waals surface area contributed by atoms with Crippen molar-refractivity contribution >= 4 is 28.6 Å². The van der Waals surface area contributed by atoms with Gasteiger partial charge in [0.05, 0.1) is 0 Å². The fourth-order valence-corrected chi connectivity index (χ4v) is 3.03. The molecule has 0 aliphatic rings. The fraction of sp³-hybridized carbons (Fsp3) is 0.0385.